The molecule has 1 unspecified atom stereocenters. The molecule has 0 aromatic carbocycles. The second kappa shape index (κ2) is 5.22. The van der Waals surface area contributed by atoms with Crippen LogP contribution in [0.1, 0.15) is 37.4 Å². The Hall–Kier alpha value is -1.16. The maximum atomic E-state index is 5.42. The summed E-state index contributed by atoms with van der Waals surface area (Å²) in [7, 11) is 0. The molecule has 4 nitrogen and oxygen atoms in total. The van der Waals surface area contributed by atoms with Crippen molar-refractivity contribution in [2.45, 2.75) is 39.2 Å². The van der Waals surface area contributed by atoms with E-state index in [2.05, 4.69) is 16.8 Å². The average Bonchev–Trinajstić information content (AvgIpc) is 2.47. The number of piperidine rings is 1. The molecule has 2 aliphatic heterocycles. The summed E-state index contributed by atoms with van der Waals surface area (Å²) in [5, 5.41) is 0. The van der Waals surface area contributed by atoms with Gasteiger partial charge < -0.3 is 9.64 Å². The number of nitrogens with zero attached hydrogens (tertiary/aromatic N) is 3. The lowest BCUT2D eigenvalue weighted by Crippen LogP contribution is -2.36. The van der Waals surface area contributed by atoms with Gasteiger partial charge >= 0.3 is 0 Å². The number of fused-ring (bicyclic) bond motifs is 1. The summed E-state index contributed by atoms with van der Waals surface area (Å²) in [6.45, 7) is 5.96. The zero-order valence-corrected chi connectivity index (χ0v) is 11.1. The van der Waals surface area contributed by atoms with E-state index in [1.807, 2.05) is 6.20 Å². The van der Waals surface area contributed by atoms with E-state index in [4.69, 9.17) is 9.72 Å². The van der Waals surface area contributed by atoms with Gasteiger partial charge in [0.2, 0.25) is 5.95 Å². The Morgan fingerprint density at radius 1 is 1.50 bits per heavy atom. The van der Waals surface area contributed by atoms with Gasteiger partial charge in [0, 0.05) is 31.3 Å². The van der Waals surface area contributed by atoms with Crippen LogP contribution < -0.4 is 4.90 Å². The Balaban J connectivity index is 1.79. The Morgan fingerprint density at radius 2 is 2.44 bits per heavy atom. The molecule has 1 fully saturated rings. The fraction of sp³-hybridized carbons (Fsp3) is 0.714. The fourth-order valence-electron chi connectivity index (χ4n) is 2.85. The monoisotopic (exact) mass is 247 g/mol. The summed E-state index contributed by atoms with van der Waals surface area (Å²) in [4.78, 5) is 11.6. The summed E-state index contributed by atoms with van der Waals surface area (Å²) in [6.07, 6.45) is 6.76. The molecule has 2 aliphatic rings. The topological polar surface area (TPSA) is 38.2 Å². The molecule has 4 heteroatoms. The van der Waals surface area contributed by atoms with Crippen LogP contribution in [-0.2, 0) is 17.8 Å². The van der Waals surface area contributed by atoms with Crippen LogP contribution in [0, 0.1) is 5.92 Å². The predicted molar refractivity (Wildman–Crippen MR) is 70.6 cm³/mol. The van der Waals surface area contributed by atoms with Crippen molar-refractivity contribution in [3.05, 3.63) is 17.5 Å². The van der Waals surface area contributed by atoms with Crippen LogP contribution in [0.4, 0.5) is 5.95 Å². The SMILES string of the molecule is CCC1CCCN(c2ncc3c(n2)CCOC3)C1. The molecule has 0 N–H and O–H groups in total. The number of rotatable bonds is 2. The Labute approximate surface area is 108 Å². The van der Waals surface area contributed by atoms with E-state index < -0.39 is 0 Å². The van der Waals surface area contributed by atoms with Crippen LogP contribution in [0.25, 0.3) is 0 Å². The average molecular weight is 247 g/mol. The van der Waals surface area contributed by atoms with Crippen molar-refractivity contribution >= 4 is 5.95 Å². The fourth-order valence-corrected chi connectivity index (χ4v) is 2.85. The number of ether oxygens (including phenoxy) is 1. The van der Waals surface area contributed by atoms with Gasteiger partial charge in [0.05, 0.1) is 18.9 Å². The van der Waals surface area contributed by atoms with Gasteiger partial charge in [0.25, 0.3) is 0 Å². The van der Waals surface area contributed by atoms with E-state index in [0.29, 0.717) is 6.61 Å². The van der Waals surface area contributed by atoms with E-state index in [1.54, 1.807) is 0 Å². The van der Waals surface area contributed by atoms with Crippen molar-refractivity contribution in [1.82, 2.24) is 9.97 Å². The van der Waals surface area contributed by atoms with Gasteiger partial charge in [-0.25, -0.2) is 9.97 Å². The highest BCUT2D eigenvalue weighted by molar-refractivity contribution is 5.34. The highest BCUT2D eigenvalue weighted by Crippen LogP contribution is 2.24. The maximum Gasteiger partial charge on any atom is 0.225 e. The molecule has 0 radical (unpaired) electrons. The second-order valence-electron chi connectivity index (χ2n) is 5.31. The van der Waals surface area contributed by atoms with Crippen molar-refractivity contribution in [3.8, 4) is 0 Å². The van der Waals surface area contributed by atoms with Gasteiger partial charge in [-0.1, -0.05) is 13.3 Å². The molecule has 0 aliphatic carbocycles. The number of hydrogen-bond acceptors (Lipinski definition) is 4. The molecule has 1 atom stereocenters. The molecule has 1 aromatic heterocycles. The first-order valence-corrected chi connectivity index (χ1v) is 7.04. The van der Waals surface area contributed by atoms with Crippen LogP contribution in [-0.4, -0.2) is 29.7 Å². The largest absolute Gasteiger partial charge is 0.376 e. The third-order valence-electron chi connectivity index (χ3n) is 4.06. The summed E-state index contributed by atoms with van der Waals surface area (Å²) in [5.41, 5.74) is 2.35. The van der Waals surface area contributed by atoms with Crippen molar-refractivity contribution in [2.75, 3.05) is 24.6 Å². The summed E-state index contributed by atoms with van der Waals surface area (Å²) < 4.78 is 5.42. The molecular formula is C14H21N3O. The van der Waals surface area contributed by atoms with E-state index in [0.717, 1.165) is 43.5 Å². The van der Waals surface area contributed by atoms with Crippen LogP contribution in [0.5, 0.6) is 0 Å². The standard InChI is InChI=1S/C14H21N3O/c1-2-11-4-3-6-17(9-11)14-15-8-12-10-18-7-5-13(12)16-14/h8,11H,2-7,9-10H2,1H3. The van der Waals surface area contributed by atoms with E-state index in [9.17, 15) is 0 Å². The zero-order valence-electron chi connectivity index (χ0n) is 11.1. The minimum atomic E-state index is 0.674. The predicted octanol–water partition coefficient (Wildman–Crippen LogP) is 2.18. The third kappa shape index (κ3) is 2.34. The number of hydrogen-bond donors (Lipinski definition) is 0. The quantitative estimate of drug-likeness (QED) is 0.803. The lowest BCUT2D eigenvalue weighted by atomic mass is 9.96. The Bertz CT molecular complexity index is 422. The molecule has 1 saturated heterocycles. The van der Waals surface area contributed by atoms with Crippen LogP contribution in [0.3, 0.4) is 0 Å². The third-order valence-corrected chi connectivity index (χ3v) is 4.06. The van der Waals surface area contributed by atoms with E-state index in [1.165, 1.54) is 25.0 Å². The lowest BCUT2D eigenvalue weighted by Gasteiger charge is -2.32. The molecule has 1 aromatic rings. The van der Waals surface area contributed by atoms with E-state index in [-0.39, 0.29) is 0 Å². The molecule has 3 rings (SSSR count). The Morgan fingerprint density at radius 3 is 3.33 bits per heavy atom. The highest BCUT2D eigenvalue weighted by Gasteiger charge is 2.21. The Kier molecular flexibility index (Phi) is 3.46. The zero-order chi connectivity index (χ0) is 12.4. The highest BCUT2D eigenvalue weighted by atomic mass is 16.5. The van der Waals surface area contributed by atoms with Crippen LogP contribution in [0.15, 0.2) is 6.20 Å². The van der Waals surface area contributed by atoms with Gasteiger partial charge in [0.1, 0.15) is 0 Å². The van der Waals surface area contributed by atoms with E-state index >= 15 is 0 Å². The first-order chi connectivity index (χ1) is 8.86. The van der Waals surface area contributed by atoms with Crippen LogP contribution >= 0.6 is 0 Å². The molecule has 0 saturated carbocycles. The summed E-state index contributed by atoms with van der Waals surface area (Å²) in [6, 6.07) is 0. The van der Waals surface area contributed by atoms with Gasteiger partial charge in [-0.2, -0.15) is 0 Å². The molecule has 98 valence electrons. The van der Waals surface area contributed by atoms with Crippen molar-refractivity contribution in [3.63, 3.8) is 0 Å². The summed E-state index contributed by atoms with van der Waals surface area (Å²) in [5.74, 6) is 1.73. The number of anilines is 1. The molecule has 3 heterocycles. The molecule has 0 spiro atoms. The lowest BCUT2D eigenvalue weighted by molar-refractivity contribution is 0.109. The van der Waals surface area contributed by atoms with Crippen molar-refractivity contribution < 1.29 is 4.74 Å². The van der Waals surface area contributed by atoms with Crippen molar-refractivity contribution in [2.24, 2.45) is 5.92 Å². The van der Waals surface area contributed by atoms with Gasteiger partial charge in [-0.3, -0.25) is 0 Å². The smallest absolute Gasteiger partial charge is 0.225 e. The summed E-state index contributed by atoms with van der Waals surface area (Å²) >= 11 is 0. The first-order valence-electron chi connectivity index (χ1n) is 7.04. The number of aromatic nitrogens is 2. The normalized spacial score (nSPS) is 23.8. The maximum absolute atomic E-state index is 5.42. The second-order valence-corrected chi connectivity index (χ2v) is 5.31. The van der Waals surface area contributed by atoms with Gasteiger partial charge in [0.15, 0.2) is 0 Å². The molecular weight excluding hydrogens is 226 g/mol. The molecule has 0 bridgehead atoms. The minimum absolute atomic E-state index is 0.674. The molecule has 0 amide bonds. The first kappa shape index (κ1) is 11.9. The molecule has 18 heavy (non-hydrogen) atoms. The van der Waals surface area contributed by atoms with Crippen molar-refractivity contribution in [1.29, 1.82) is 0 Å². The minimum Gasteiger partial charge on any atom is -0.376 e. The van der Waals surface area contributed by atoms with Crippen LogP contribution in [0.2, 0.25) is 0 Å². The van der Waals surface area contributed by atoms with Gasteiger partial charge in [-0.15, -0.1) is 0 Å². The van der Waals surface area contributed by atoms with Gasteiger partial charge in [-0.05, 0) is 18.8 Å².